The standard InChI is InChI=1S/C14H24OP2.C10H18P2.Fe/c1-13(2,3)11-8-10(9-15-7)16-12(17-11)14(4,5)6;1-9(2,3)7-11-8(12-7)10(4,5)6;/h8H,9H2,1-7H3;1-6H3;. The minimum Gasteiger partial charge on any atom is -0.380 e. The Morgan fingerprint density at radius 3 is 1.40 bits per heavy atom. The molecule has 0 saturated carbocycles. The fourth-order valence-electron chi connectivity index (χ4n) is 2.32. The number of hydrogen-bond donors (Lipinski definition) is 0. The second kappa shape index (κ2) is 11.4. The van der Waals surface area contributed by atoms with E-state index in [1.807, 2.05) is 0 Å². The number of ether oxygens (including phenoxy) is 1. The van der Waals surface area contributed by atoms with Gasteiger partial charge in [-0.1, -0.05) is 116 Å². The molecule has 0 N–H and O–H groups in total. The van der Waals surface area contributed by atoms with Gasteiger partial charge in [0.25, 0.3) is 0 Å². The van der Waals surface area contributed by atoms with Crippen LogP contribution in [0.15, 0.2) is 6.07 Å². The van der Waals surface area contributed by atoms with Gasteiger partial charge in [-0.05, 0) is 33.0 Å². The van der Waals surface area contributed by atoms with Crippen molar-refractivity contribution in [3.63, 3.8) is 0 Å². The predicted molar refractivity (Wildman–Crippen MR) is 142 cm³/mol. The maximum absolute atomic E-state index is 5.30. The van der Waals surface area contributed by atoms with Crippen molar-refractivity contribution < 1.29 is 21.8 Å². The summed E-state index contributed by atoms with van der Waals surface area (Å²) >= 11 is 0. The molecular formula is C24H42FeOP4. The first-order valence-corrected chi connectivity index (χ1v) is 14.0. The molecule has 2 rings (SSSR count). The molecule has 1 nitrogen and oxygen atoms in total. The third-order valence-corrected chi connectivity index (χ3v) is 13.0. The van der Waals surface area contributed by atoms with Crippen LogP contribution in [0.4, 0.5) is 0 Å². The van der Waals surface area contributed by atoms with Crippen LogP contribution in [0.3, 0.4) is 0 Å². The monoisotopic (exact) mass is 526 g/mol. The molecule has 0 unspecified atom stereocenters. The van der Waals surface area contributed by atoms with Crippen LogP contribution in [-0.4, -0.2) is 17.2 Å². The molecule has 0 aromatic carbocycles. The first kappa shape index (κ1) is 30.9. The molecular weight excluding hydrogens is 484 g/mol. The van der Waals surface area contributed by atoms with E-state index < -0.39 is 0 Å². The summed E-state index contributed by atoms with van der Waals surface area (Å²) < 4.78 is 5.30. The second-order valence-corrected chi connectivity index (χ2v) is 17.6. The third-order valence-electron chi connectivity index (χ3n) is 4.28. The van der Waals surface area contributed by atoms with Gasteiger partial charge in [-0.15, -0.1) is 0 Å². The van der Waals surface area contributed by atoms with E-state index in [-0.39, 0.29) is 27.9 Å². The molecule has 6 heteroatoms. The van der Waals surface area contributed by atoms with Crippen molar-refractivity contribution in [2.75, 3.05) is 7.11 Å². The summed E-state index contributed by atoms with van der Waals surface area (Å²) in [4.78, 5) is 0. The average Bonchev–Trinajstić information content (AvgIpc) is 2.41. The Morgan fingerprint density at radius 2 is 1.10 bits per heavy atom. The molecule has 0 radical (unpaired) electrons. The number of rotatable bonds is 2. The van der Waals surface area contributed by atoms with Gasteiger partial charge in [-0.2, -0.15) is 0 Å². The van der Waals surface area contributed by atoms with E-state index >= 15 is 0 Å². The van der Waals surface area contributed by atoms with Crippen LogP contribution in [0.5, 0.6) is 0 Å². The Hall–Kier alpha value is 0.899. The fourth-order valence-corrected chi connectivity index (χ4v) is 8.09. The summed E-state index contributed by atoms with van der Waals surface area (Å²) in [5.74, 6) is 0. The largest absolute Gasteiger partial charge is 0.380 e. The molecule has 1 aromatic heterocycles. The van der Waals surface area contributed by atoms with Crippen molar-refractivity contribution in [1.29, 1.82) is 0 Å². The van der Waals surface area contributed by atoms with Gasteiger partial charge in [0, 0.05) is 44.6 Å². The summed E-state index contributed by atoms with van der Waals surface area (Å²) in [5.41, 5.74) is 1.34. The maximum Gasteiger partial charge on any atom is 0.0756 e. The Labute approximate surface area is 204 Å². The van der Waals surface area contributed by atoms with Crippen molar-refractivity contribution >= 4 is 42.9 Å². The van der Waals surface area contributed by atoms with Crippen LogP contribution < -0.4 is 0 Å². The maximum atomic E-state index is 5.30. The van der Waals surface area contributed by atoms with Crippen molar-refractivity contribution in [3.05, 3.63) is 21.7 Å². The zero-order valence-electron chi connectivity index (χ0n) is 21.3. The zero-order valence-corrected chi connectivity index (χ0v) is 26.0. The van der Waals surface area contributed by atoms with Crippen molar-refractivity contribution in [1.82, 2.24) is 0 Å². The molecule has 30 heavy (non-hydrogen) atoms. The van der Waals surface area contributed by atoms with Gasteiger partial charge in [-0.3, -0.25) is 0 Å². The fraction of sp³-hybridized carbons (Fsp3) is 0.750. The van der Waals surface area contributed by atoms with Gasteiger partial charge in [0.15, 0.2) is 0 Å². The molecule has 0 atom stereocenters. The smallest absolute Gasteiger partial charge is 0.0756 e. The summed E-state index contributed by atoms with van der Waals surface area (Å²) in [6.45, 7) is 28.4. The van der Waals surface area contributed by atoms with E-state index in [9.17, 15) is 0 Å². The molecule has 0 spiro atoms. The van der Waals surface area contributed by atoms with E-state index in [2.05, 4.69) is 89.2 Å². The van der Waals surface area contributed by atoms with Crippen LogP contribution in [0.1, 0.15) is 98.7 Å². The van der Waals surface area contributed by atoms with Crippen molar-refractivity contribution in [3.8, 4) is 0 Å². The van der Waals surface area contributed by atoms with Crippen LogP contribution >= 0.6 is 32.8 Å². The van der Waals surface area contributed by atoms with Gasteiger partial charge < -0.3 is 4.74 Å². The molecule has 2 heterocycles. The number of methoxy groups -OCH3 is 1. The molecule has 0 fully saturated rings. The van der Waals surface area contributed by atoms with Crippen LogP contribution in [0.2, 0.25) is 0 Å². The minimum absolute atomic E-state index is 0. The second-order valence-electron chi connectivity index (χ2n) is 11.9. The minimum atomic E-state index is 0. The molecule has 0 bridgehead atoms. The van der Waals surface area contributed by atoms with E-state index in [0.29, 0.717) is 10.8 Å². The third kappa shape index (κ3) is 9.80. The topological polar surface area (TPSA) is 9.23 Å². The summed E-state index contributed by atoms with van der Waals surface area (Å²) in [6.07, 6.45) is 0. The van der Waals surface area contributed by atoms with Crippen LogP contribution in [0, 0.1) is 10.8 Å². The van der Waals surface area contributed by atoms with Crippen LogP contribution in [-0.2, 0) is 39.2 Å². The molecule has 1 aliphatic heterocycles. The zero-order chi connectivity index (χ0) is 22.8. The summed E-state index contributed by atoms with van der Waals surface area (Å²) in [7, 11) is 7.59. The molecule has 0 amide bonds. The predicted octanol–water partition coefficient (Wildman–Crippen LogP) is 9.83. The summed E-state index contributed by atoms with van der Waals surface area (Å²) in [6, 6.07) is 2.35. The molecule has 0 saturated heterocycles. The van der Waals surface area contributed by atoms with Crippen LogP contribution in [0.25, 0.3) is 0 Å². The van der Waals surface area contributed by atoms with E-state index in [4.69, 9.17) is 4.74 Å². The Morgan fingerprint density at radius 1 is 0.667 bits per heavy atom. The normalized spacial score (nSPS) is 16.2. The SMILES string of the molecule is CC(C)(C)C1=PC(C(C)(C)C)=P1.COCc1cc(C(C)(C)C)pc(C(C)(C)C)p1.[Fe]. The molecule has 1 aromatic rings. The van der Waals surface area contributed by atoms with Gasteiger partial charge in [0.2, 0.25) is 0 Å². The average molecular weight is 526 g/mol. The summed E-state index contributed by atoms with van der Waals surface area (Å²) in [5, 5.41) is 7.83. The van der Waals surface area contributed by atoms with Crippen molar-refractivity contribution in [2.24, 2.45) is 10.8 Å². The Bertz CT molecular complexity index is 705. The van der Waals surface area contributed by atoms with E-state index in [0.717, 1.165) is 6.61 Å². The quantitative estimate of drug-likeness (QED) is 0.275. The van der Waals surface area contributed by atoms with E-state index in [1.165, 1.54) is 43.4 Å². The van der Waals surface area contributed by atoms with Crippen molar-refractivity contribution in [2.45, 2.75) is 101 Å². The number of hydrogen-bond acceptors (Lipinski definition) is 1. The molecule has 172 valence electrons. The molecule has 0 aliphatic carbocycles. The Balaban J connectivity index is 0.000000573. The molecule has 1 aliphatic rings. The Kier molecular flexibility index (Phi) is 11.7. The van der Waals surface area contributed by atoms with E-state index in [1.54, 1.807) is 22.2 Å². The first-order chi connectivity index (χ1) is 12.9. The first-order valence-electron chi connectivity index (χ1n) is 10.4. The van der Waals surface area contributed by atoms with Gasteiger partial charge in [0.1, 0.15) is 0 Å². The van der Waals surface area contributed by atoms with Gasteiger partial charge in [-0.25, -0.2) is 0 Å². The van der Waals surface area contributed by atoms with Gasteiger partial charge >= 0.3 is 0 Å². The van der Waals surface area contributed by atoms with Gasteiger partial charge in [0.05, 0.1) is 6.61 Å².